The van der Waals surface area contributed by atoms with Crippen molar-refractivity contribution < 1.29 is 4.74 Å². The van der Waals surface area contributed by atoms with E-state index in [1.807, 2.05) is 0 Å². The standard InChI is InChI=1S/C14H16OS2/c1-2-3-4-9-15-14(16)17-13-10-11-5-7-12(13)8-6-11/h5-8,10H,2-4,9H2,1H3. The third kappa shape index (κ3) is 3.58. The second-order valence-electron chi connectivity index (χ2n) is 4.04. The van der Waals surface area contributed by atoms with E-state index in [1.165, 1.54) is 28.5 Å². The summed E-state index contributed by atoms with van der Waals surface area (Å²) < 4.78 is 6.17. The summed E-state index contributed by atoms with van der Waals surface area (Å²) in [5, 5.41) is 2.46. The molecule has 0 unspecified atom stereocenters. The van der Waals surface area contributed by atoms with Gasteiger partial charge in [0, 0.05) is 4.90 Å². The van der Waals surface area contributed by atoms with Gasteiger partial charge in [-0.1, -0.05) is 44.0 Å². The van der Waals surface area contributed by atoms with Crippen LogP contribution in [0.15, 0.2) is 35.2 Å². The first-order valence-electron chi connectivity index (χ1n) is 5.96. The Morgan fingerprint density at radius 2 is 2.00 bits per heavy atom. The van der Waals surface area contributed by atoms with Gasteiger partial charge in [0.15, 0.2) is 0 Å². The summed E-state index contributed by atoms with van der Waals surface area (Å²) in [6, 6.07) is 10.6. The van der Waals surface area contributed by atoms with Gasteiger partial charge in [-0.15, -0.1) is 0 Å². The van der Waals surface area contributed by atoms with E-state index in [0.717, 1.165) is 13.0 Å². The zero-order valence-electron chi connectivity index (χ0n) is 9.94. The first-order chi connectivity index (χ1) is 8.29. The van der Waals surface area contributed by atoms with E-state index in [9.17, 15) is 0 Å². The molecule has 0 spiro atoms. The fraction of sp³-hybridized carbons (Fsp3) is 0.357. The van der Waals surface area contributed by atoms with Gasteiger partial charge in [-0.05, 0) is 47.2 Å². The average molecular weight is 264 g/mol. The molecule has 0 aromatic heterocycles. The first kappa shape index (κ1) is 12.7. The van der Waals surface area contributed by atoms with Crippen molar-refractivity contribution in [3.8, 4) is 0 Å². The number of thioether (sulfide) groups is 1. The summed E-state index contributed by atoms with van der Waals surface area (Å²) in [6.45, 7) is 2.92. The number of fused-ring (bicyclic) bond motifs is 3. The van der Waals surface area contributed by atoms with Crippen molar-refractivity contribution in [2.45, 2.75) is 31.1 Å². The summed E-state index contributed by atoms with van der Waals surface area (Å²) in [5.74, 6) is 0. The first-order valence-corrected chi connectivity index (χ1v) is 7.19. The number of ether oxygens (including phenoxy) is 1. The minimum Gasteiger partial charge on any atom is -0.478 e. The maximum absolute atomic E-state index is 5.54. The van der Waals surface area contributed by atoms with Gasteiger partial charge in [0.1, 0.15) is 0 Å². The fourth-order valence-corrected chi connectivity index (χ4v) is 2.82. The van der Waals surface area contributed by atoms with Crippen molar-refractivity contribution in [3.05, 3.63) is 30.3 Å². The Labute approximate surface area is 112 Å². The minimum absolute atomic E-state index is 0.634. The largest absolute Gasteiger partial charge is 0.478 e. The highest BCUT2D eigenvalue weighted by molar-refractivity contribution is 8.22. The summed E-state index contributed by atoms with van der Waals surface area (Å²) in [5.41, 5.74) is 0. The molecule has 0 aliphatic rings. The molecular formula is C14H16OS2. The SMILES string of the molecule is CCCCCOC(=S)Sc1cc2ccc1cc2. The Kier molecular flexibility index (Phi) is 4.63. The Morgan fingerprint density at radius 1 is 1.24 bits per heavy atom. The summed E-state index contributed by atoms with van der Waals surface area (Å²) in [6.07, 6.45) is 3.50. The highest BCUT2D eigenvalue weighted by Gasteiger charge is 2.06. The van der Waals surface area contributed by atoms with Gasteiger partial charge in [0.2, 0.25) is 4.38 Å². The van der Waals surface area contributed by atoms with Crippen molar-refractivity contribution in [2.75, 3.05) is 6.61 Å². The van der Waals surface area contributed by atoms with Crippen molar-refractivity contribution in [3.63, 3.8) is 0 Å². The molecule has 0 N–H and O–H groups in total. The van der Waals surface area contributed by atoms with Crippen molar-refractivity contribution >= 4 is 39.1 Å². The highest BCUT2D eigenvalue weighted by Crippen LogP contribution is 2.29. The minimum atomic E-state index is 0.634. The maximum atomic E-state index is 5.54. The van der Waals surface area contributed by atoms with Crippen LogP contribution in [0.1, 0.15) is 26.2 Å². The molecule has 0 aliphatic carbocycles. The molecule has 3 rings (SSSR count). The van der Waals surface area contributed by atoms with Gasteiger partial charge >= 0.3 is 0 Å². The van der Waals surface area contributed by atoms with Crippen LogP contribution in [0.4, 0.5) is 0 Å². The van der Waals surface area contributed by atoms with Crippen LogP contribution in [-0.4, -0.2) is 11.0 Å². The molecular weight excluding hydrogens is 248 g/mol. The topological polar surface area (TPSA) is 9.23 Å². The Bertz CT molecular complexity index is 461. The lowest BCUT2D eigenvalue weighted by Crippen LogP contribution is -1.99. The number of rotatable bonds is 5. The van der Waals surface area contributed by atoms with Crippen LogP contribution in [0.5, 0.6) is 0 Å². The van der Waals surface area contributed by atoms with Gasteiger partial charge in [0.05, 0.1) is 6.61 Å². The van der Waals surface area contributed by atoms with Crippen molar-refractivity contribution in [2.24, 2.45) is 0 Å². The Morgan fingerprint density at radius 3 is 2.59 bits per heavy atom. The predicted octanol–water partition coefficient (Wildman–Crippen LogP) is 4.86. The molecule has 0 fully saturated rings. The Balaban J connectivity index is 1.84. The molecule has 3 heteroatoms. The smallest absolute Gasteiger partial charge is 0.224 e. The normalized spacial score (nSPS) is 10.9. The molecule has 90 valence electrons. The van der Waals surface area contributed by atoms with Gasteiger partial charge in [-0.3, -0.25) is 0 Å². The highest BCUT2D eigenvalue weighted by atomic mass is 32.2. The van der Waals surface area contributed by atoms with Gasteiger partial charge in [-0.2, -0.15) is 0 Å². The van der Waals surface area contributed by atoms with E-state index < -0.39 is 0 Å². The van der Waals surface area contributed by atoms with Crippen LogP contribution >= 0.6 is 24.0 Å². The lowest BCUT2D eigenvalue weighted by atomic mass is 10.1. The van der Waals surface area contributed by atoms with E-state index in [2.05, 4.69) is 37.3 Å². The zero-order valence-corrected chi connectivity index (χ0v) is 11.6. The maximum Gasteiger partial charge on any atom is 0.224 e. The van der Waals surface area contributed by atoms with Crippen molar-refractivity contribution in [1.29, 1.82) is 0 Å². The zero-order chi connectivity index (χ0) is 12.1. The summed E-state index contributed by atoms with van der Waals surface area (Å²) in [7, 11) is 0. The molecule has 0 aliphatic heterocycles. The number of hydrogen-bond acceptors (Lipinski definition) is 3. The lowest BCUT2D eigenvalue weighted by Gasteiger charge is -2.09. The van der Waals surface area contributed by atoms with Crippen LogP contribution in [0.25, 0.3) is 10.8 Å². The van der Waals surface area contributed by atoms with Crippen LogP contribution < -0.4 is 0 Å². The molecule has 0 saturated carbocycles. The summed E-state index contributed by atoms with van der Waals surface area (Å²) >= 11 is 6.78. The molecule has 0 atom stereocenters. The van der Waals surface area contributed by atoms with Crippen LogP contribution in [0.2, 0.25) is 0 Å². The van der Waals surface area contributed by atoms with E-state index in [0.29, 0.717) is 4.38 Å². The molecule has 1 nitrogen and oxygen atoms in total. The number of benzene rings is 3. The molecule has 3 aromatic rings. The predicted molar refractivity (Wildman–Crippen MR) is 79.1 cm³/mol. The van der Waals surface area contributed by atoms with Gasteiger partial charge in [0.25, 0.3) is 0 Å². The second-order valence-corrected chi connectivity index (χ2v) is 5.68. The fourth-order valence-electron chi connectivity index (χ4n) is 1.69. The van der Waals surface area contributed by atoms with Crippen molar-refractivity contribution in [1.82, 2.24) is 0 Å². The van der Waals surface area contributed by atoms with E-state index in [4.69, 9.17) is 17.0 Å². The molecule has 0 saturated heterocycles. The third-order valence-electron chi connectivity index (χ3n) is 2.65. The molecule has 3 aromatic carbocycles. The number of hydrogen-bond donors (Lipinski definition) is 0. The molecule has 2 bridgehead atoms. The Hall–Kier alpha value is -0.800. The number of thiocarbonyl (C=S) groups is 1. The monoisotopic (exact) mass is 264 g/mol. The van der Waals surface area contributed by atoms with E-state index >= 15 is 0 Å². The molecule has 0 heterocycles. The van der Waals surface area contributed by atoms with Gasteiger partial charge in [-0.25, -0.2) is 0 Å². The molecule has 0 radical (unpaired) electrons. The average Bonchev–Trinajstić information content (AvgIpc) is 2.36. The van der Waals surface area contributed by atoms with E-state index in [1.54, 1.807) is 11.8 Å². The summed E-state index contributed by atoms with van der Waals surface area (Å²) in [4.78, 5) is 1.20. The molecule has 17 heavy (non-hydrogen) atoms. The van der Waals surface area contributed by atoms with Crippen LogP contribution in [0, 0.1) is 0 Å². The number of unbranched alkanes of at least 4 members (excludes halogenated alkanes) is 2. The van der Waals surface area contributed by atoms with Crippen LogP contribution in [-0.2, 0) is 4.74 Å². The molecule has 0 amide bonds. The van der Waals surface area contributed by atoms with Gasteiger partial charge < -0.3 is 4.74 Å². The lowest BCUT2D eigenvalue weighted by molar-refractivity contribution is 0.310. The quantitative estimate of drug-likeness (QED) is 0.433. The second kappa shape index (κ2) is 6.22. The van der Waals surface area contributed by atoms with E-state index in [-0.39, 0.29) is 0 Å². The van der Waals surface area contributed by atoms with Crippen LogP contribution in [0.3, 0.4) is 0 Å². The third-order valence-corrected chi connectivity index (χ3v) is 3.88.